The first-order valence-electron chi connectivity index (χ1n) is 10.7. The number of hydrogen-bond acceptors (Lipinski definition) is 6. The van der Waals surface area contributed by atoms with E-state index in [0.717, 1.165) is 0 Å². The number of aliphatic hydroxyl groups is 1. The van der Waals surface area contributed by atoms with Gasteiger partial charge >= 0.3 is 5.97 Å². The molecule has 2 aliphatic rings. The summed E-state index contributed by atoms with van der Waals surface area (Å²) in [5, 5.41) is 10.7. The third-order valence-corrected chi connectivity index (χ3v) is 6.73. The number of aliphatic hydroxyl groups excluding tert-OH is 1. The molecular weight excluding hydrogens is 372 g/mol. The Morgan fingerprint density at radius 3 is 2.07 bits per heavy atom. The standard InChI is InChI=1S/C23H38O6/c1-11-10-12(2)20-15(5)21(29-23(8,9)28-20)16(6)22(26)27-17(7)13(3)19(25)14(4)18(11)24/h12-17,19-21,25H,1,10H2,2-9H3/t12-,13-,14-,15+,16+,17+,19?,20-,21-/m0/s1. The topological polar surface area (TPSA) is 82.1 Å². The fraction of sp³-hybridized carbons (Fsp3) is 0.826. The summed E-state index contributed by atoms with van der Waals surface area (Å²) in [5.74, 6) is -2.94. The maximum atomic E-state index is 12.9. The molecule has 0 aromatic carbocycles. The molecule has 9 atom stereocenters. The van der Waals surface area contributed by atoms with Gasteiger partial charge < -0.3 is 19.3 Å². The van der Waals surface area contributed by atoms with E-state index in [4.69, 9.17) is 14.2 Å². The number of cyclic esters (lactones) is 1. The Morgan fingerprint density at radius 1 is 0.931 bits per heavy atom. The molecule has 6 heteroatoms. The molecular formula is C23H38O6. The first-order valence-corrected chi connectivity index (χ1v) is 10.7. The van der Waals surface area contributed by atoms with Crippen LogP contribution < -0.4 is 0 Å². The SMILES string of the molecule is C=C1C[C@H](C)[C@@H]2OC(C)(C)O[C@@H]([C@@H]2C)[C@@H](C)C(=O)O[C@H](C)[C@H](C)C(O)[C@@H](C)C1=O. The number of Topliss-reactive ketones (excluding diaryl/α,β-unsaturated/α-hetero) is 1. The summed E-state index contributed by atoms with van der Waals surface area (Å²) in [6.07, 6.45) is -1.58. The van der Waals surface area contributed by atoms with Gasteiger partial charge in [-0.3, -0.25) is 9.59 Å². The van der Waals surface area contributed by atoms with Gasteiger partial charge in [0, 0.05) is 17.8 Å². The number of ketones is 1. The largest absolute Gasteiger partial charge is 0.462 e. The Kier molecular flexibility index (Phi) is 7.35. The lowest BCUT2D eigenvalue weighted by Gasteiger charge is -2.48. The van der Waals surface area contributed by atoms with Crippen molar-refractivity contribution in [1.82, 2.24) is 0 Å². The van der Waals surface area contributed by atoms with E-state index in [9.17, 15) is 14.7 Å². The summed E-state index contributed by atoms with van der Waals surface area (Å²) in [5.41, 5.74) is 0.489. The lowest BCUT2D eigenvalue weighted by Crippen LogP contribution is -2.55. The van der Waals surface area contributed by atoms with Gasteiger partial charge in [-0.2, -0.15) is 0 Å². The van der Waals surface area contributed by atoms with Crippen LogP contribution in [0.1, 0.15) is 61.8 Å². The van der Waals surface area contributed by atoms with Crippen molar-refractivity contribution < 1.29 is 28.9 Å². The number of esters is 1. The van der Waals surface area contributed by atoms with Crippen LogP contribution in [0.25, 0.3) is 0 Å². The number of carbonyl (C=O) groups excluding carboxylic acids is 2. The molecule has 2 heterocycles. The van der Waals surface area contributed by atoms with Crippen LogP contribution in [0.2, 0.25) is 0 Å². The predicted octanol–water partition coefficient (Wildman–Crippen LogP) is 3.51. The highest BCUT2D eigenvalue weighted by Crippen LogP contribution is 2.40. The van der Waals surface area contributed by atoms with Crippen molar-refractivity contribution in [2.45, 2.75) is 92.0 Å². The number of ether oxygens (including phenoxy) is 3. The van der Waals surface area contributed by atoms with E-state index in [1.807, 2.05) is 34.6 Å². The van der Waals surface area contributed by atoms with E-state index < -0.39 is 35.7 Å². The number of hydrogen-bond donors (Lipinski definition) is 1. The molecule has 0 radical (unpaired) electrons. The minimum Gasteiger partial charge on any atom is -0.462 e. The van der Waals surface area contributed by atoms with Crippen molar-refractivity contribution >= 4 is 11.8 Å². The Labute approximate surface area is 175 Å². The van der Waals surface area contributed by atoms with Gasteiger partial charge in [-0.25, -0.2) is 0 Å². The molecule has 2 fully saturated rings. The Balaban J connectivity index is 2.43. The highest BCUT2D eigenvalue weighted by molar-refractivity contribution is 5.96. The van der Waals surface area contributed by atoms with Crippen molar-refractivity contribution in [1.29, 1.82) is 0 Å². The highest BCUT2D eigenvalue weighted by atomic mass is 16.7. The molecule has 6 nitrogen and oxygen atoms in total. The summed E-state index contributed by atoms with van der Waals surface area (Å²) >= 11 is 0. The monoisotopic (exact) mass is 410 g/mol. The average molecular weight is 411 g/mol. The van der Waals surface area contributed by atoms with E-state index in [2.05, 4.69) is 6.58 Å². The molecule has 0 saturated carbocycles. The van der Waals surface area contributed by atoms with E-state index >= 15 is 0 Å². The fourth-order valence-electron chi connectivity index (χ4n) is 4.62. The summed E-state index contributed by atoms with van der Waals surface area (Å²) in [4.78, 5) is 25.8. The summed E-state index contributed by atoms with van der Waals surface area (Å²) in [6.45, 7) is 18.8. The molecule has 0 amide bonds. The fourth-order valence-corrected chi connectivity index (χ4v) is 4.62. The van der Waals surface area contributed by atoms with Crippen molar-refractivity contribution in [2.24, 2.45) is 29.6 Å². The van der Waals surface area contributed by atoms with Crippen LogP contribution in [0.15, 0.2) is 12.2 Å². The van der Waals surface area contributed by atoms with Gasteiger partial charge in [0.25, 0.3) is 0 Å². The van der Waals surface area contributed by atoms with Gasteiger partial charge in [-0.15, -0.1) is 0 Å². The quantitative estimate of drug-likeness (QED) is 0.486. The zero-order chi connectivity index (χ0) is 22.3. The van der Waals surface area contributed by atoms with Crippen molar-refractivity contribution in [2.75, 3.05) is 0 Å². The first-order chi connectivity index (χ1) is 13.3. The van der Waals surface area contributed by atoms with Gasteiger partial charge in [0.05, 0.1) is 24.2 Å². The van der Waals surface area contributed by atoms with Gasteiger partial charge in [-0.05, 0) is 45.6 Å². The number of allylic oxidation sites excluding steroid dienone is 1. The Morgan fingerprint density at radius 2 is 1.48 bits per heavy atom. The minimum atomic E-state index is -0.930. The van der Waals surface area contributed by atoms with Gasteiger partial charge in [0.1, 0.15) is 6.10 Å². The van der Waals surface area contributed by atoms with Crippen LogP contribution in [0, 0.1) is 29.6 Å². The van der Waals surface area contributed by atoms with E-state index in [-0.39, 0.29) is 35.8 Å². The molecule has 2 bridgehead atoms. The zero-order valence-corrected chi connectivity index (χ0v) is 19.1. The van der Waals surface area contributed by atoms with Crippen molar-refractivity contribution in [3.63, 3.8) is 0 Å². The molecule has 1 unspecified atom stereocenters. The van der Waals surface area contributed by atoms with E-state index in [0.29, 0.717) is 12.0 Å². The summed E-state index contributed by atoms with van der Waals surface area (Å²) in [6, 6.07) is 0. The Bertz CT molecular complexity index is 641. The minimum absolute atomic E-state index is 0.000948. The molecule has 29 heavy (non-hydrogen) atoms. The third-order valence-electron chi connectivity index (χ3n) is 6.73. The molecule has 0 spiro atoms. The van der Waals surface area contributed by atoms with Crippen LogP contribution >= 0.6 is 0 Å². The Hall–Kier alpha value is -1.24. The lowest BCUT2D eigenvalue weighted by atomic mass is 9.78. The van der Waals surface area contributed by atoms with Crippen LogP contribution in [0.5, 0.6) is 0 Å². The second-order valence-electron chi connectivity index (χ2n) is 9.64. The number of fused-ring (bicyclic) bond motifs is 2. The van der Waals surface area contributed by atoms with Gasteiger partial charge in [0.2, 0.25) is 0 Å². The van der Waals surface area contributed by atoms with Crippen LogP contribution in [0.3, 0.4) is 0 Å². The summed E-state index contributed by atoms with van der Waals surface area (Å²) in [7, 11) is 0. The molecule has 166 valence electrons. The zero-order valence-electron chi connectivity index (χ0n) is 19.1. The third kappa shape index (κ3) is 5.09. The van der Waals surface area contributed by atoms with Crippen LogP contribution in [0.4, 0.5) is 0 Å². The molecule has 0 aliphatic carbocycles. The predicted molar refractivity (Wildman–Crippen MR) is 110 cm³/mol. The molecule has 2 rings (SSSR count). The van der Waals surface area contributed by atoms with Gasteiger partial charge in [-0.1, -0.05) is 34.3 Å². The average Bonchev–Trinajstić information content (AvgIpc) is 2.65. The second kappa shape index (κ2) is 8.86. The van der Waals surface area contributed by atoms with E-state index in [1.54, 1.807) is 20.8 Å². The smallest absolute Gasteiger partial charge is 0.311 e. The first kappa shape index (κ1) is 24.0. The van der Waals surface area contributed by atoms with Crippen molar-refractivity contribution in [3.8, 4) is 0 Å². The van der Waals surface area contributed by atoms with Crippen LogP contribution in [-0.2, 0) is 23.8 Å². The van der Waals surface area contributed by atoms with E-state index in [1.165, 1.54) is 0 Å². The molecule has 2 saturated heterocycles. The molecule has 1 N–H and O–H groups in total. The maximum absolute atomic E-state index is 12.9. The van der Waals surface area contributed by atoms with Gasteiger partial charge in [0.15, 0.2) is 11.6 Å². The molecule has 0 aromatic heterocycles. The second-order valence-corrected chi connectivity index (χ2v) is 9.64. The number of carbonyl (C=O) groups is 2. The lowest BCUT2D eigenvalue weighted by molar-refractivity contribution is -0.333. The normalized spacial score (nSPS) is 44.7. The maximum Gasteiger partial charge on any atom is 0.311 e. The number of rotatable bonds is 0. The molecule has 2 aliphatic heterocycles. The highest BCUT2D eigenvalue weighted by Gasteiger charge is 2.47. The van der Waals surface area contributed by atoms with Crippen molar-refractivity contribution in [3.05, 3.63) is 12.2 Å². The van der Waals surface area contributed by atoms with Crippen LogP contribution in [-0.4, -0.2) is 47.1 Å². The molecule has 0 aromatic rings. The summed E-state index contributed by atoms with van der Waals surface area (Å²) < 4.78 is 18.0.